The SMILES string of the molecule is C=CC1C2CC=C(I)C=C2C(C)(C)C1CC. The fourth-order valence-electron chi connectivity index (χ4n) is 3.80. The Hall–Kier alpha value is -0.0500. The summed E-state index contributed by atoms with van der Waals surface area (Å²) in [5.41, 5.74) is 2.01. The first kappa shape index (κ1) is 12.4. The van der Waals surface area contributed by atoms with Gasteiger partial charge in [0.15, 0.2) is 0 Å². The molecule has 0 nitrogen and oxygen atoms in total. The first-order valence-electron chi connectivity index (χ1n) is 6.22. The normalized spacial score (nSPS) is 36.4. The monoisotopic (exact) mass is 328 g/mol. The number of rotatable bonds is 2. The molecule has 2 aliphatic carbocycles. The van der Waals surface area contributed by atoms with E-state index in [0.717, 1.165) is 11.8 Å². The Morgan fingerprint density at radius 3 is 2.81 bits per heavy atom. The van der Waals surface area contributed by atoms with Crippen LogP contribution in [0.1, 0.15) is 33.6 Å². The maximum atomic E-state index is 4.07. The Morgan fingerprint density at radius 1 is 1.56 bits per heavy atom. The van der Waals surface area contributed by atoms with Gasteiger partial charge in [0.25, 0.3) is 0 Å². The summed E-state index contributed by atoms with van der Waals surface area (Å²) >= 11 is 2.45. The first-order valence-corrected chi connectivity index (χ1v) is 7.30. The number of hydrogen-bond acceptors (Lipinski definition) is 0. The van der Waals surface area contributed by atoms with Gasteiger partial charge in [0.05, 0.1) is 0 Å². The Balaban J connectivity index is 2.45. The van der Waals surface area contributed by atoms with E-state index in [2.05, 4.69) is 68.2 Å². The molecular weight excluding hydrogens is 307 g/mol. The van der Waals surface area contributed by atoms with Crippen LogP contribution in [0.25, 0.3) is 0 Å². The van der Waals surface area contributed by atoms with Gasteiger partial charge in [-0.15, -0.1) is 6.58 Å². The summed E-state index contributed by atoms with van der Waals surface area (Å²) in [7, 11) is 0. The Labute approximate surface area is 113 Å². The molecule has 0 aromatic rings. The van der Waals surface area contributed by atoms with Gasteiger partial charge >= 0.3 is 0 Å². The summed E-state index contributed by atoms with van der Waals surface area (Å²) in [6, 6.07) is 0. The second kappa shape index (κ2) is 4.32. The molecular formula is C15H21I. The Bertz CT molecular complexity index is 360. The van der Waals surface area contributed by atoms with E-state index in [9.17, 15) is 0 Å². The van der Waals surface area contributed by atoms with Gasteiger partial charge in [-0.05, 0) is 58.3 Å². The standard InChI is InChI=1S/C15H21I/c1-5-11-12-8-7-10(16)9-14(12)15(3,4)13(11)6-2/h5,7,9,11-13H,1,6,8H2,2-4H3. The lowest BCUT2D eigenvalue weighted by Gasteiger charge is -2.30. The average Bonchev–Trinajstić information content (AvgIpc) is 2.46. The zero-order valence-corrected chi connectivity index (χ0v) is 12.6. The molecule has 0 N–H and O–H groups in total. The number of hydrogen-bond donors (Lipinski definition) is 0. The number of fused-ring (bicyclic) bond motifs is 1. The van der Waals surface area contributed by atoms with Crippen LogP contribution in [0, 0.1) is 23.2 Å². The molecule has 2 aliphatic rings. The molecule has 16 heavy (non-hydrogen) atoms. The molecule has 0 radical (unpaired) electrons. The summed E-state index contributed by atoms with van der Waals surface area (Å²) in [6.07, 6.45) is 9.46. The van der Waals surface area contributed by atoms with Crippen molar-refractivity contribution >= 4 is 22.6 Å². The molecule has 0 amide bonds. The summed E-state index contributed by atoms with van der Waals surface area (Å²) < 4.78 is 1.41. The van der Waals surface area contributed by atoms with Crippen molar-refractivity contribution in [2.45, 2.75) is 33.6 Å². The minimum absolute atomic E-state index is 0.350. The van der Waals surface area contributed by atoms with Crippen LogP contribution in [-0.4, -0.2) is 0 Å². The molecule has 0 aromatic heterocycles. The second-order valence-electron chi connectivity index (χ2n) is 5.58. The lowest BCUT2D eigenvalue weighted by Crippen LogP contribution is -2.21. The van der Waals surface area contributed by atoms with Gasteiger partial charge in [-0.2, -0.15) is 0 Å². The Morgan fingerprint density at radius 2 is 2.25 bits per heavy atom. The van der Waals surface area contributed by atoms with Crippen molar-refractivity contribution in [1.82, 2.24) is 0 Å². The van der Waals surface area contributed by atoms with Crippen molar-refractivity contribution in [3.63, 3.8) is 0 Å². The molecule has 88 valence electrons. The van der Waals surface area contributed by atoms with Crippen molar-refractivity contribution in [2.75, 3.05) is 0 Å². The second-order valence-corrected chi connectivity index (χ2v) is 6.83. The van der Waals surface area contributed by atoms with Gasteiger partial charge < -0.3 is 0 Å². The predicted molar refractivity (Wildman–Crippen MR) is 79.5 cm³/mol. The van der Waals surface area contributed by atoms with E-state index in [1.165, 1.54) is 16.4 Å². The van der Waals surface area contributed by atoms with Crippen LogP contribution in [0.3, 0.4) is 0 Å². The topological polar surface area (TPSA) is 0 Å². The maximum absolute atomic E-state index is 4.07. The highest BCUT2D eigenvalue weighted by Crippen LogP contribution is 2.58. The largest absolute Gasteiger partial charge is 0.103 e. The lowest BCUT2D eigenvalue weighted by molar-refractivity contribution is 0.253. The molecule has 0 aliphatic heterocycles. The van der Waals surface area contributed by atoms with E-state index in [4.69, 9.17) is 0 Å². The third kappa shape index (κ3) is 1.71. The summed E-state index contributed by atoms with van der Waals surface area (Å²) in [4.78, 5) is 0. The maximum Gasteiger partial charge on any atom is 0.00900 e. The van der Waals surface area contributed by atoms with E-state index in [-0.39, 0.29) is 0 Å². The van der Waals surface area contributed by atoms with Crippen molar-refractivity contribution in [3.8, 4) is 0 Å². The number of allylic oxidation sites excluding steroid dienone is 5. The first-order chi connectivity index (χ1) is 7.52. The molecule has 3 unspecified atom stereocenters. The molecule has 0 bridgehead atoms. The van der Waals surface area contributed by atoms with Crippen molar-refractivity contribution < 1.29 is 0 Å². The quantitative estimate of drug-likeness (QED) is 0.487. The van der Waals surface area contributed by atoms with Crippen molar-refractivity contribution in [1.29, 1.82) is 0 Å². The zero-order chi connectivity index (χ0) is 11.9. The molecule has 1 heteroatoms. The minimum Gasteiger partial charge on any atom is -0.103 e. The van der Waals surface area contributed by atoms with Crippen LogP contribution in [0.2, 0.25) is 0 Å². The van der Waals surface area contributed by atoms with E-state index in [1.54, 1.807) is 5.57 Å². The van der Waals surface area contributed by atoms with Crippen molar-refractivity contribution in [3.05, 3.63) is 34.0 Å². The van der Waals surface area contributed by atoms with Crippen LogP contribution in [0.4, 0.5) is 0 Å². The van der Waals surface area contributed by atoms with Crippen LogP contribution >= 0.6 is 22.6 Å². The Kier molecular flexibility index (Phi) is 3.35. The third-order valence-corrected chi connectivity index (χ3v) is 5.32. The highest BCUT2D eigenvalue weighted by molar-refractivity contribution is 14.1. The highest BCUT2D eigenvalue weighted by Gasteiger charge is 2.49. The molecule has 0 spiro atoms. The molecule has 3 atom stereocenters. The summed E-state index contributed by atoms with van der Waals surface area (Å²) in [6.45, 7) is 11.2. The molecule has 1 fully saturated rings. The summed E-state index contributed by atoms with van der Waals surface area (Å²) in [5.74, 6) is 2.15. The van der Waals surface area contributed by atoms with E-state index >= 15 is 0 Å². The van der Waals surface area contributed by atoms with Gasteiger partial charge in [-0.25, -0.2) is 0 Å². The predicted octanol–water partition coefficient (Wildman–Crippen LogP) is 5.12. The van der Waals surface area contributed by atoms with Gasteiger partial charge in [-0.3, -0.25) is 0 Å². The van der Waals surface area contributed by atoms with E-state index in [1.807, 2.05) is 0 Å². The zero-order valence-electron chi connectivity index (χ0n) is 10.5. The number of halogens is 1. The molecule has 2 rings (SSSR count). The summed E-state index contributed by atoms with van der Waals surface area (Å²) in [5, 5.41) is 0. The van der Waals surface area contributed by atoms with Crippen LogP contribution in [-0.2, 0) is 0 Å². The molecule has 0 heterocycles. The van der Waals surface area contributed by atoms with E-state index in [0.29, 0.717) is 11.3 Å². The van der Waals surface area contributed by atoms with Crippen LogP contribution in [0.5, 0.6) is 0 Å². The smallest absolute Gasteiger partial charge is 0.00900 e. The fourth-order valence-corrected chi connectivity index (χ4v) is 4.39. The van der Waals surface area contributed by atoms with Crippen molar-refractivity contribution in [2.24, 2.45) is 23.2 Å². The molecule has 1 saturated carbocycles. The molecule has 0 saturated heterocycles. The fraction of sp³-hybridized carbons (Fsp3) is 0.600. The van der Waals surface area contributed by atoms with Crippen LogP contribution < -0.4 is 0 Å². The minimum atomic E-state index is 0.350. The average molecular weight is 328 g/mol. The van der Waals surface area contributed by atoms with Crippen LogP contribution in [0.15, 0.2) is 34.0 Å². The third-order valence-electron chi connectivity index (χ3n) is 4.57. The molecule has 0 aromatic carbocycles. The lowest BCUT2D eigenvalue weighted by atomic mass is 9.75. The van der Waals surface area contributed by atoms with Gasteiger partial charge in [0.2, 0.25) is 0 Å². The van der Waals surface area contributed by atoms with Gasteiger partial charge in [0, 0.05) is 3.58 Å². The van der Waals surface area contributed by atoms with Gasteiger partial charge in [-0.1, -0.05) is 44.9 Å². The van der Waals surface area contributed by atoms with E-state index < -0.39 is 0 Å². The van der Waals surface area contributed by atoms with Gasteiger partial charge in [0.1, 0.15) is 0 Å². The highest BCUT2D eigenvalue weighted by atomic mass is 127.